The van der Waals surface area contributed by atoms with Crippen molar-refractivity contribution >= 4 is 17.2 Å². The fourth-order valence-corrected chi connectivity index (χ4v) is 10.5. The van der Waals surface area contributed by atoms with Crippen LogP contribution >= 0.6 is 17.2 Å². The highest BCUT2D eigenvalue weighted by Crippen LogP contribution is 2.62. The average Bonchev–Trinajstić information content (AvgIpc) is 2.86. The van der Waals surface area contributed by atoms with Crippen LogP contribution in [0.4, 0.5) is 0 Å². The summed E-state index contributed by atoms with van der Waals surface area (Å²) in [6, 6.07) is 0. The van der Waals surface area contributed by atoms with E-state index in [0.29, 0.717) is 0 Å². The maximum Gasteiger partial charge on any atom is -0.0119 e. The Balaban J connectivity index is 1.42. The minimum atomic E-state index is 0.852. The Morgan fingerprint density at radius 3 is 1.60 bits per heavy atom. The van der Waals surface area contributed by atoms with Gasteiger partial charge in [-0.25, -0.2) is 0 Å². The first-order valence-electron chi connectivity index (χ1n) is 9.33. The molecule has 6 unspecified atom stereocenters. The van der Waals surface area contributed by atoms with Crippen molar-refractivity contribution in [3.05, 3.63) is 0 Å². The van der Waals surface area contributed by atoms with E-state index in [4.69, 9.17) is 0 Å². The lowest BCUT2D eigenvalue weighted by Gasteiger charge is -2.35. The zero-order valence-electron chi connectivity index (χ0n) is 13.1. The summed E-state index contributed by atoms with van der Waals surface area (Å²) < 4.78 is 0. The van der Waals surface area contributed by atoms with Gasteiger partial charge in [0.1, 0.15) is 0 Å². The summed E-state index contributed by atoms with van der Waals surface area (Å²) in [6.07, 6.45) is 22.2. The van der Waals surface area contributed by atoms with E-state index in [9.17, 15) is 0 Å². The van der Waals surface area contributed by atoms with E-state index in [1.165, 1.54) is 17.2 Å². The Kier molecular flexibility index (Phi) is 4.20. The first kappa shape index (κ1) is 14.5. The fourth-order valence-electron chi connectivity index (χ4n) is 5.71. The highest BCUT2D eigenvalue weighted by molar-refractivity contribution is 7.41. The third kappa shape index (κ3) is 2.86. The molecule has 4 aliphatic rings. The Morgan fingerprint density at radius 1 is 0.600 bits per heavy atom. The second kappa shape index (κ2) is 5.81. The van der Waals surface area contributed by atoms with Crippen molar-refractivity contribution in [3.8, 4) is 0 Å². The van der Waals surface area contributed by atoms with Gasteiger partial charge in [-0.1, -0.05) is 25.7 Å². The molecule has 114 valence electrons. The maximum absolute atomic E-state index is 1.63. The second-order valence-electron chi connectivity index (χ2n) is 8.31. The third-order valence-electron chi connectivity index (χ3n) is 6.96. The lowest BCUT2D eigenvalue weighted by Crippen LogP contribution is -2.27. The third-order valence-corrected chi connectivity index (χ3v) is 11.7. The summed E-state index contributed by atoms with van der Waals surface area (Å²) in [6.45, 7) is 0. The monoisotopic (exact) mass is 310 g/mol. The quantitative estimate of drug-likeness (QED) is 0.555. The van der Waals surface area contributed by atoms with Gasteiger partial charge in [0.15, 0.2) is 0 Å². The van der Waals surface area contributed by atoms with E-state index in [2.05, 4.69) is 0 Å². The largest absolute Gasteiger partial charge is 0.112 e. The lowest BCUT2D eigenvalue weighted by molar-refractivity contribution is 0.366. The molecule has 0 spiro atoms. The van der Waals surface area contributed by atoms with Crippen LogP contribution in [0.2, 0.25) is 0 Å². The number of rotatable bonds is 3. The van der Waals surface area contributed by atoms with Gasteiger partial charge in [0.25, 0.3) is 0 Å². The zero-order valence-corrected chi connectivity index (χ0v) is 15.1. The molecule has 6 atom stereocenters. The molecule has 20 heavy (non-hydrogen) atoms. The number of hydrogen-bond acceptors (Lipinski definition) is 0. The topological polar surface area (TPSA) is 0 Å². The number of fused-ring (bicyclic) bond motifs is 4. The number of hydrogen-bond donors (Lipinski definition) is 0. The molecule has 4 bridgehead atoms. The van der Waals surface area contributed by atoms with Crippen molar-refractivity contribution in [2.24, 2.45) is 0 Å². The van der Waals surface area contributed by atoms with Crippen LogP contribution in [0.1, 0.15) is 89.9 Å². The molecule has 4 aliphatic heterocycles. The molecule has 0 radical (unpaired) electrons. The Bertz CT molecular complexity index is 321. The highest BCUT2D eigenvalue weighted by atomic mass is 31.1. The molecule has 0 aromatic heterocycles. The van der Waals surface area contributed by atoms with Gasteiger partial charge in [0.2, 0.25) is 0 Å². The van der Waals surface area contributed by atoms with E-state index in [1.807, 2.05) is 0 Å². The molecule has 0 aliphatic carbocycles. The molecular formula is C18H32P2. The van der Waals surface area contributed by atoms with Crippen molar-refractivity contribution in [1.29, 1.82) is 0 Å². The van der Waals surface area contributed by atoms with Crippen LogP contribution in [0.3, 0.4) is 0 Å². The Morgan fingerprint density at radius 2 is 1.10 bits per heavy atom. The molecule has 0 N–H and O–H groups in total. The van der Waals surface area contributed by atoms with Crippen molar-refractivity contribution in [3.63, 3.8) is 0 Å². The molecule has 4 saturated heterocycles. The smallest absolute Gasteiger partial charge is 0.0119 e. The normalized spacial score (nSPS) is 50.4. The van der Waals surface area contributed by atoms with Gasteiger partial charge in [-0.3, -0.25) is 0 Å². The predicted molar refractivity (Wildman–Crippen MR) is 94.3 cm³/mol. The van der Waals surface area contributed by atoms with Gasteiger partial charge in [0, 0.05) is 0 Å². The van der Waals surface area contributed by atoms with E-state index in [0.717, 1.165) is 21.6 Å². The van der Waals surface area contributed by atoms with Crippen LogP contribution in [0, 0.1) is 0 Å². The van der Waals surface area contributed by atoms with Crippen molar-refractivity contribution < 1.29 is 0 Å². The molecule has 0 nitrogen and oxygen atoms in total. The van der Waals surface area contributed by atoms with Gasteiger partial charge >= 0.3 is 0 Å². The molecule has 0 aromatic carbocycles. The molecule has 4 rings (SSSR count). The summed E-state index contributed by atoms with van der Waals surface area (Å²) >= 11 is 0. The zero-order chi connectivity index (χ0) is 13.5. The second-order valence-corrected chi connectivity index (χ2v) is 12.6. The lowest BCUT2D eigenvalue weighted by atomic mass is 9.82. The minimum Gasteiger partial charge on any atom is -0.112 e. The van der Waals surface area contributed by atoms with Crippen LogP contribution in [-0.4, -0.2) is 21.6 Å². The molecule has 2 heteroatoms. The summed E-state index contributed by atoms with van der Waals surface area (Å²) in [5.41, 5.74) is 2.31. The van der Waals surface area contributed by atoms with E-state index in [1.54, 1.807) is 89.9 Å². The first-order chi connectivity index (χ1) is 9.78. The molecule has 0 aromatic rings. The maximum atomic E-state index is 1.63. The predicted octanol–water partition coefficient (Wildman–Crippen LogP) is 6.07. The van der Waals surface area contributed by atoms with Crippen LogP contribution in [0.25, 0.3) is 0 Å². The van der Waals surface area contributed by atoms with Gasteiger partial charge in [-0.2, -0.15) is 0 Å². The van der Waals surface area contributed by atoms with Gasteiger partial charge in [-0.15, -0.1) is 17.2 Å². The van der Waals surface area contributed by atoms with Crippen LogP contribution in [0.5, 0.6) is 0 Å². The van der Waals surface area contributed by atoms with Gasteiger partial charge in [-0.05, 0) is 85.8 Å². The molecule has 0 saturated carbocycles. The van der Waals surface area contributed by atoms with E-state index in [-0.39, 0.29) is 0 Å². The van der Waals surface area contributed by atoms with Gasteiger partial charge < -0.3 is 0 Å². The Hall–Kier alpha value is 0.860. The molecule has 4 heterocycles. The van der Waals surface area contributed by atoms with Gasteiger partial charge in [0.05, 0.1) is 0 Å². The van der Waals surface area contributed by atoms with E-state index >= 15 is 0 Å². The standard InChI is InChI=1S/C18H32P2/c1-3-9-17(11-7-15(5-1)19-17)13-14-18-10-4-2-6-16(20-18)8-12-18/h15-16,19-20H,1-14H2. The first-order valence-corrected chi connectivity index (χ1v) is 11.5. The fraction of sp³-hybridized carbons (Fsp3) is 1.00. The highest BCUT2D eigenvalue weighted by Gasteiger charge is 2.44. The van der Waals surface area contributed by atoms with Crippen LogP contribution in [-0.2, 0) is 0 Å². The SMILES string of the molecule is C1CCC2(CCC34CCCCC(CC3)P4)CCC(C1)P2. The van der Waals surface area contributed by atoms with E-state index < -0.39 is 0 Å². The molecular weight excluding hydrogens is 278 g/mol. The molecule has 0 amide bonds. The van der Waals surface area contributed by atoms with Crippen molar-refractivity contribution in [1.82, 2.24) is 0 Å². The average molecular weight is 310 g/mol. The molecule has 4 fully saturated rings. The summed E-state index contributed by atoms with van der Waals surface area (Å²) in [5, 5.41) is 1.70. The minimum absolute atomic E-state index is 0.852. The van der Waals surface area contributed by atoms with Crippen LogP contribution < -0.4 is 0 Å². The van der Waals surface area contributed by atoms with Crippen LogP contribution in [0.15, 0.2) is 0 Å². The Labute approximate surface area is 129 Å². The van der Waals surface area contributed by atoms with Crippen molar-refractivity contribution in [2.45, 2.75) is 112 Å². The summed E-state index contributed by atoms with van der Waals surface area (Å²) in [7, 11) is 2.69. The van der Waals surface area contributed by atoms with Crippen molar-refractivity contribution in [2.75, 3.05) is 0 Å². The summed E-state index contributed by atoms with van der Waals surface area (Å²) in [5.74, 6) is 0. The summed E-state index contributed by atoms with van der Waals surface area (Å²) in [4.78, 5) is 0.